The van der Waals surface area contributed by atoms with Gasteiger partial charge in [-0.15, -0.1) is 0 Å². The highest BCUT2D eigenvalue weighted by molar-refractivity contribution is 9.10. The van der Waals surface area contributed by atoms with Gasteiger partial charge in [0, 0.05) is 35.4 Å². The molecule has 1 aliphatic heterocycles. The summed E-state index contributed by atoms with van der Waals surface area (Å²) >= 11 is 3.36. The Labute approximate surface area is 131 Å². The molecule has 21 heavy (non-hydrogen) atoms. The van der Waals surface area contributed by atoms with Crippen LogP contribution >= 0.6 is 15.9 Å². The average Bonchev–Trinajstić information content (AvgIpc) is 2.98. The van der Waals surface area contributed by atoms with Crippen molar-refractivity contribution in [2.45, 2.75) is 18.9 Å². The second-order valence-electron chi connectivity index (χ2n) is 5.09. The van der Waals surface area contributed by atoms with Crippen molar-refractivity contribution < 1.29 is 4.39 Å². The summed E-state index contributed by atoms with van der Waals surface area (Å²) in [5, 5.41) is 0. The van der Waals surface area contributed by atoms with Gasteiger partial charge in [-0.2, -0.15) is 0 Å². The van der Waals surface area contributed by atoms with Gasteiger partial charge < -0.3 is 10.6 Å². The molecule has 2 N–H and O–H groups in total. The molecule has 0 radical (unpaired) electrons. The van der Waals surface area contributed by atoms with Crippen molar-refractivity contribution in [2.24, 2.45) is 5.73 Å². The molecule has 6 heteroatoms. The van der Waals surface area contributed by atoms with Crippen LogP contribution in [0.25, 0.3) is 11.3 Å². The fourth-order valence-electron chi connectivity index (χ4n) is 2.67. The minimum absolute atomic E-state index is 0.271. The van der Waals surface area contributed by atoms with Gasteiger partial charge in [0.1, 0.15) is 5.82 Å². The maximum absolute atomic E-state index is 14.0. The first-order valence-electron chi connectivity index (χ1n) is 6.94. The minimum atomic E-state index is -0.292. The Balaban J connectivity index is 1.98. The van der Waals surface area contributed by atoms with Crippen LogP contribution in [0.4, 0.5) is 10.3 Å². The number of aromatic nitrogens is 2. The first-order valence-corrected chi connectivity index (χ1v) is 7.73. The molecule has 2 aromatic rings. The van der Waals surface area contributed by atoms with Crippen LogP contribution in [0, 0.1) is 5.82 Å². The largest absolute Gasteiger partial charge is 0.337 e. The molecule has 0 amide bonds. The average molecular weight is 351 g/mol. The monoisotopic (exact) mass is 350 g/mol. The summed E-state index contributed by atoms with van der Waals surface area (Å²) in [4.78, 5) is 11.0. The molecule has 0 aliphatic carbocycles. The quantitative estimate of drug-likeness (QED) is 0.924. The first-order chi connectivity index (χ1) is 10.2. The maximum Gasteiger partial charge on any atom is 0.226 e. The number of nitrogens with two attached hydrogens (primary N) is 1. The zero-order chi connectivity index (χ0) is 14.8. The van der Waals surface area contributed by atoms with E-state index in [2.05, 4.69) is 30.8 Å². The molecule has 1 atom stereocenters. The van der Waals surface area contributed by atoms with Crippen molar-refractivity contribution >= 4 is 21.9 Å². The first kappa shape index (κ1) is 14.4. The van der Waals surface area contributed by atoms with Gasteiger partial charge in [-0.1, -0.05) is 15.9 Å². The molecular weight excluding hydrogens is 335 g/mol. The van der Waals surface area contributed by atoms with Crippen molar-refractivity contribution in [2.75, 3.05) is 18.0 Å². The van der Waals surface area contributed by atoms with E-state index in [1.54, 1.807) is 24.4 Å². The molecule has 3 rings (SSSR count). The minimum Gasteiger partial charge on any atom is -0.337 e. The number of hydrogen-bond donors (Lipinski definition) is 1. The molecule has 1 aromatic heterocycles. The van der Waals surface area contributed by atoms with Gasteiger partial charge in [-0.25, -0.2) is 14.4 Å². The van der Waals surface area contributed by atoms with Crippen molar-refractivity contribution in [1.82, 2.24) is 9.97 Å². The van der Waals surface area contributed by atoms with Crippen molar-refractivity contribution in [3.8, 4) is 11.3 Å². The molecule has 0 bridgehead atoms. The van der Waals surface area contributed by atoms with Gasteiger partial charge >= 0.3 is 0 Å². The van der Waals surface area contributed by atoms with Crippen LogP contribution in [0.15, 0.2) is 34.9 Å². The van der Waals surface area contributed by atoms with Crippen LogP contribution in [0.1, 0.15) is 12.8 Å². The summed E-state index contributed by atoms with van der Waals surface area (Å²) in [6.45, 7) is 1.48. The predicted molar refractivity (Wildman–Crippen MR) is 84.5 cm³/mol. The molecule has 0 spiro atoms. The lowest BCUT2D eigenvalue weighted by atomic mass is 10.1. The van der Waals surface area contributed by atoms with Gasteiger partial charge in [0.2, 0.25) is 5.95 Å². The van der Waals surface area contributed by atoms with E-state index in [4.69, 9.17) is 5.73 Å². The van der Waals surface area contributed by atoms with Crippen molar-refractivity contribution in [3.05, 3.63) is 40.8 Å². The third kappa shape index (κ3) is 2.91. The lowest BCUT2D eigenvalue weighted by molar-refractivity contribution is 0.630. The topological polar surface area (TPSA) is 55.0 Å². The molecule has 0 saturated carbocycles. The normalized spacial score (nSPS) is 18.2. The zero-order valence-corrected chi connectivity index (χ0v) is 13.1. The number of benzene rings is 1. The van der Waals surface area contributed by atoms with Crippen LogP contribution in [-0.4, -0.2) is 29.1 Å². The standard InChI is InChI=1S/C15H16BrFN4/c16-10-3-4-13(17)12(8-10)14-5-6-19-15(20-14)21-7-1-2-11(21)9-18/h3-6,8,11H,1-2,7,9,18H2. The number of halogens is 2. The van der Waals surface area contributed by atoms with Crippen LogP contribution in [-0.2, 0) is 0 Å². The lowest BCUT2D eigenvalue weighted by Crippen LogP contribution is -2.36. The van der Waals surface area contributed by atoms with Gasteiger partial charge in [-0.05, 0) is 37.1 Å². The summed E-state index contributed by atoms with van der Waals surface area (Å²) in [7, 11) is 0. The molecule has 2 heterocycles. The van der Waals surface area contributed by atoms with Crippen LogP contribution in [0.2, 0.25) is 0 Å². The summed E-state index contributed by atoms with van der Waals surface area (Å²) in [6.07, 6.45) is 3.81. The molecule has 1 saturated heterocycles. The summed E-state index contributed by atoms with van der Waals surface area (Å²) in [6, 6.07) is 6.83. The van der Waals surface area contributed by atoms with Crippen LogP contribution in [0.5, 0.6) is 0 Å². The molecule has 1 unspecified atom stereocenters. The number of anilines is 1. The number of hydrogen-bond acceptors (Lipinski definition) is 4. The second-order valence-corrected chi connectivity index (χ2v) is 6.01. The van der Waals surface area contributed by atoms with Crippen molar-refractivity contribution in [1.29, 1.82) is 0 Å². The smallest absolute Gasteiger partial charge is 0.226 e. The Morgan fingerprint density at radius 2 is 2.24 bits per heavy atom. The van der Waals surface area contributed by atoms with E-state index < -0.39 is 0 Å². The highest BCUT2D eigenvalue weighted by Gasteiger charge is 2.25. The van der Waals surface area contributed by atoms with E-state index >= 15 is 0 Å². The van der Waals surface area contributed by atoms with Gasteiger partial charge in [0.15, 0.2) is 0 Å². The Hall–Kier alpha value is -1.53. The van der Waals surface area contributed by atoms with Crippen molar-refractivity contribution in [3.63, 3.8) is 0 Å². The van der Waals surface area contributed by atoms with E-state index in [9.17, 15) is 4.39 Å². The van der Waals surface area contributed by atoms with E-state index in [1.165, 1.54) is 6.07 Å². The molecule has 1 aliphatic rings. The fourth-order valence-corrected chi connectivity index (χ4v) is 3.04. The third-order valence-electron chi connectivity index (χ3n) is 3.75. The Bertz CT molecular complexity index is 649. The Kier molecular flexibility index (Phi) is 4.17. The summed E-state index contributed by atoms with van der Waals surface area (Å²) < 4.78 is 14.8. The Morgan fingerprint density at radius 3 is 3.05 bits per heavy atom. The Morgan fingerprint density at radius 1 is 1.38 bits per heavy atom. The summed E-state index contributed by atoms with van der Waals surface area (Å²) in [5.74, 6) is 0.333. The summed E-state index contributed by atoms with van der Waals surface area (Å²) in [5.41, 5.74) is 6.84. The fraction of sp³-hybridized carbons (Fsp3) is 0.333. The molecule has 4 nitrogen and oxygen atoms in total. The van der Waals surface area contributed by atoms with E-state index in [1.807, 2.05) is 0 Å². The third-order valence-corrected chi connectivity index (χ3v) is 4.25. The molecular formula is C15H16BrFN4. The highest BCUT2D eigenvalue weighted by atomic mass is 79.9. The predicted octanol–water partition coefficient (Wildman–Crippen LogP) is 2.97. The van der Waals surface area contributed by atoms with E-state index in [-0.39, 0.29) is 11.9 Å². The van der Waals surface area contributed by atoms with Gasteiger partial charge in [0.25, 0.3) is 0 Å². The molecule has 1 fully saturated rings. The van der Waals surface area contributed by atoms with Gasteiger partial charge in [-0.3, -0.25) is 0 Å². The van der Waals surface area contributed by atoms with E-state index in [0.29, 0.717) is 23.8 Å². The highest BCUT2D eigenvalue weighted by Crippen LogP contribution is 2.27. The maximum atomic E-state index is 14.0. The SMILES string of the molecule is NCC1CCCN1c1nccc(-c2cc(Br)ccc2F)n1. The zero-order valence-electron chi connectivity index (χ0n) is 11.5. The van der Waals surface area contributed by atoms with Gasteiger partial charge in [0.05, 0.1) is 5.69 Å². The van der Waals surface area contributed by atoms with E-state index in [0.717, 1.165) is 23.9 Å². The lowest BCUT2D eigenvalue weighted by Gasteiger charge is -2.23. The van der Waals surface area contributed by atoms with Crippen LogP contribution in [0.3, 0.4) is 0 Å². The number of rotatable bonds is 3. The van der Waals surface area contributed by atoms with Crippen LogP contribution < -0.4 is 10.6 Å². The molecule has 1 aromatic carbocycles. The molecule has 110 valence electrons. The number of nitrogens with zero attached hydrogens (tertiary/aromatic N) is 3. The second kappa shape index (κ2) is 6.07.